The zero-order chi connectivity index (χ0) is 9.84. The van der Waals surface area contributed by atoms with Crippen LogP contribution in [0.5, 0.6) is 0 Å². The molecule has 0 amide bonds. The Kier molecular flexibility index (Phi) is 3.19. The van der Waals surface area contributed by atoms with Crippen molar-refractivity contribution in [1.29, 1.82) is 0 Å². The highest BCUT2D eigenvalue weighted by Gasteiger charge is 1.98. The van der Waals surface area contributed by atoms with Crippen LogP contribution >= 0.6 is 11.6 Å². The summed E-state index contributed by atoms with van der Waals surface area (Å²) in [7, 11) is 3.78. The van der Waals surface area contributed by atoms with Gasteiger partial charge in [-0.25, -0.2) is 4.99 Å². The molecule has 1 aromatic heterocycles. The lowest BCUT2D eigenvalue weighted by Crippen LogP contribution is -2.07. The molecule has 1 heterocycles. The molecule has 4 nitrogen and oxygen atoms in total. The highest BCUT2D eigenvalue weighted by molar-refractivity contribution is 6.29. The van der Waals surface area contributed by atoms with E-state index in [2.05, 4.69) is 15.2 Å². The van der Waals surface area contributed by atoms with Gasteiger partial charge in [-0.15, -0.1) is 10.2 Å². The molecule has 0 aromatic carbocycles. The molecule has 0 saturated heterocycles. The second-order valence-electron chi connectivity index (χ2n) is 2.88. The van der Waals surface area contributed by atoms with Gasteiger partial charge in [0.05, 0.1) is 6.34 Å². The Morgan fingerprint density at radius 3 is 2.69 bits per heavy atom. The summed E-state index contributed by atoms with van der Waals surface area (Å²) in [6.45, 7) is 1.89. The van der Waals surface area contributed by atoms with Crippen molar-refractivity contribution >= 4 is 23.8 Å². The Hall–Kier alpha value is -1.16. The van der Waals surface area contributed by atoms with Gasteiger partial charge in [0.1, 0.15) is 0 Å². The third-order valence-corrected chi connectivity index (χ3v) is 1.52. The molecule has 0 radical (unpaired) electrons. The molecule has 0 N–H and O–H groups in total. The highest BCUT2D eigenvalue weighted by Crippen LogP contribution is 2.15. The van der Waals surface area contributed by atoms with E-state index in [9.17, 15) is 0 Å². The number of aromatic nitrogens is 2. The van der Waals surface area contributed by atoms with Gasteiger partial charge < -0.3 is 4.90 Å². The smallest absolute Gasteiger partial charge is 0.178 e. The quantitative estimate of drug-likeness (QED) is 0.536. The van der Waals surface area contributed by atoms with Crippen LogP contribution in [0.15, 0.2) is 11.1 Å². The van der Waals surface area contributed by atoms with E-state index in [0.29, 0.717) is 11.0 Å². The summed E-state index contributed by atoms with van der Waals surface area (Å²) in [4.78, 5) is 5.94. The van der Waals surface area contributed by atoms with Gasteiger partial charge in [0.2, 0.25) is 0 Å². The van der Waals surface area contributed by atoms with Crippen LogP contribution in [0.4, 0.5) is 5.82 Å². The normalized spacial score (nSPS) is 10.8. The summed E-state index contributed by atoms with van der Waals surface area (Å²) >= 11 is 5.64. The van der Waals surface area contributed by atoms with Crippen molar-refractivity contribution in [1.82, 2.24) is 15.1 Å². The van der Waals surface area contributed by atoms with E-state index in [1.165, 1.54) is 0 Å². The molecule has 0 saturated carbocycles. The molecular weight excluding hydrogens is 188 g/mol. The van der Waals surface area contributed by atoms with Gasteiger partial charge in [-0.1, -0.05) is 11.6 Å². The number of rotatable bonds is 2. The standard InChI is InChI=1S/C8H11ClN4/c1-6-4-7(9)11-12-8(6)10-5-13(2)3/h4-5H,1-3H3/b10-5+. The summed E-state index contributed by atoms with van der Waals surface area (Å²) < 4.78 is 0. The Morgan fingerprint density at radius 2 is 2.15 bits per heavy atom. The second-order valence-corrected chi connectivity index (χ2v) is 3.27. The molecule has 70 valence electrons. The minimum Gasteiger partial charge on any atom is -0.369 e. The third-order valence-electron chi connectivity index (χ3n) is 1.34. The third kappa shape index (κ3) is 2.99. The first-order chi connectivity index (χ1) is 6.09. The first-order valence-electron chi connectivity index (χ1n) is 3.80. The average Bonchev–Trinajstić information content (AvgIpc) is 2.02. The van der Waals surface area contributed by atoms with Gasteiger partial charge in [0, 0.05) is 14.1 Å². The monoisotopic (exact) mass is 198 g/mol. The van der Waals surface area contributed by atoms with Crippen LogP contribution < -0.4 is 0 Å². The fourth-order valence-electron chi connectivity index (χ4n) is 0.744. The number of aryl methyl sites for hydroxylation is 1. The van der Waals surface area contributed by atoms with E-state index in [1.54, 1.807) is 12.4 Å². The summed E-state index contributed by atoms with van der Waals surface area (Å²) in [5, 5.41) is 7.93. The first kappa shape index (κ1) is 9.92. The maximum absolute atomic E-state index is 5.64. The van der Waals surface area contributed by atoms with E-state index in [1.807, 2.05) is 25.9 Å². The molecule has 1 aromatic rings. The van der Waals surface area contributed by atoms with Crippen LogP contribution in [-0.4, -0.2) is 35.5 Å². The molecule has 0 aliphatic rings. The summed E-state index contributed by atoms with van der Waals surface area (Å²) in [5.74, 6) is 0.595. The van der Waals surface area contributed by atoms with Gasteiger partial charge in [0.25, 0.3) is 0 Å². The Morgan fingerprint density at radius 1 is 1.46 bits per heavy atom. The van der Waals surface area contributed by atoms with Crippen molar-refractivity contribution in [3.8, 4) is 0 Å². The van der Waals surface area contributed by atoms with Crippen LogP contribution in [0.2, 0.25) is 5.15 Å². The first-order valence-corrected chi connectivity index (χ1v) is 4.18. The van der Waals surface area contributed by atoms with Crippen molar-refractivity contribution in [3.05, 3.63) is 16.8 Å². The van der Waals surface area contributed by atoms with Crippen molar-refractivity contribution in [2.75, 3.05) is 14.1 Å². The van der Waals surface area contributed by atoms with E-state index in [0.717, 1.165) is 5.56 Å². The number of hydrogen-bond donors (Lipinski definition) is 0. The summed E-state index contributed by atoms with van der Waals surface area (Å²) in [5.41, 5.74) is 0.915. The van der Waals surface area contributed by atoms with E-state index >= 15 is 0 Å². The zero-order valence-corrected chi connectivity index (χ0v) is 8.58. The molecule has 0 bridgehead atoms. The summed E-state index contributed by atoms with van der Waals surface area (Å²) in [6, 6.07) is 1.73. The van der Waals surface area contributed by atoms with Crippen molar-refractivity contribution in [2.24, 2.45) is 4.99 Å². The van der Waals surface area contributed by atoms with Crippen LogP contribution in [0.3, 0.4) is 0 Å². The molecule has 0 fully saturated rings. The fraction of sp³-hybridized carbons (Fsp3) is 0.375. The van der Waals surface area contributed by atoms with Gasteiger partial charge in [-0.05, 0) is 18.6 Å². The van der Waals surface area contributed by atoms with Gasteiger partial charge >= 0.3 is 0 Å². The molecule has 0 spiro atoms. The van der Waals surface area contributed by atoms with Crippen LogP contribution in [-0.2, 0) is 0 Å². The summed E-state index contributed by atoms with van der Waals surface area (Å²) in [6.07, 6.45) is 1.67. The van der Waals surface area contributed by atoms with Gasteiger partial charge in [-0.3, -0.25) is 0 Å². The van der Waals surface area contributed by atoms with Crippen LogP contribution in [0.25, 0.3) is 0 Å². The maximum Gasteiger partial charge on any atom is 0.178 e. The zero-order valence-electron chi connectivity index (χ0n) is 7.82. The lowest BCUT2D eigenvalue weighted by Gasteiger charge is -2.02. The predicted octanol–water partition coefficient (Wildman–Crippen LogP) is 1.66. The predicted molar refractivity (Wildman–Crippen MR) is 53.6 cm³/mol. The topological polar surface area (TPSA) is 41.4 Å². The molecule has 0 atom stereocenters. The minimum absolute atomic E-state index is 0.390. The minimum atomic E-state index is 0.390. The van der Waals surface area contributed by atoms with Gasteiger partial charge in [-0.2, -0.15) is 0 Å². The molecule has 1 rings (SSSR count). The molecule has 0 unspecified atom stereocenters. The molecular formula is C8H11ClN4. The number of halogens is 1. The Bertz CT molecular complexity index is 322. The molecule has 0 aliphatic carbocycles. The second kappa shape index (κ2) is 4.18. The SMILES string of the molecule is Cc1cc(Cl)nnc1/N=C/N(C)C. The number of nitrogens with zero attached hydrogens (tertiary/aromatic N) is 4. The van der Waals surface area contributed by atoms with Crippen molar-refractivity contribution in [3.63, 3.8) is 0 Å². The van der Waals surface area contributed by atoms with E-state index < -0.39 is 0 Å². The lowest BCUT2D eigenvalue weighted by molar-refractivity contribution is 0.642. The van der Waals surface area contributed by atoms with Gasteiger partial charge in [0.15, 0.2) is 11.0 Å². The molecule has 0 aliphatic heterocycles. The largest absolute Gasteiger partial charge is 0.369 e. The number of aliphatic imine (C=N–C) groups is 1. The average molecular weight is 199 g/mol. The Balaban J connectivity index is 2.90. The number of hydrogen-bond acceptors (Lipinski definition) is 3. The van der Waals surface area contributed by atoms with E-state index in [-0.39, 0.29) is 0 Å². The fourth-order valence-corrected chi connectivity index (χ4v) is 0.945. The van der Waals surface area contributed by atoms with Crippen LogP contribution in [0, 0.1) is 6.92 Å². The Labute approximate surface area is 82.3 Å². The van der Waals surface area contributed by atoms with Crippen LogP contribution in [0.1, 0.15) is 5.56 Å². The molecule has 13 heavy (non-hydrogen) atoms. The molecule has 5 heteroatoms. The maximum atomic E-state index is 5.64. The van der Waals surface area contributed by atoms with E-state index in [4.69, 9.17) is 11.6 Å². The van der Waals surface area contributed by atoms with Crippen molar-refractivity contribution < 1.29 is 0 Å². The van der Waals surface area contributed by atoms with Crippen molar-refractivity contribution in [2.45, 2.75) is 6.92 Å². The lowest BCUT2D eigenvalue weighted by atomic mass is 10.3. The highest BCUT2D eigenvalue weighted by atomic mass is 35.5.